The van der Waals surface area contributed by atoms with Crippen molar-refractivity contribution in [1.82, 2.24) is 0 Å². The average Bonchev–Trinajstić information content (AvgIpc) is 3.37. The SMILES string of the molecule is CC1(C)c2cc(/C=C/c3ccc4ccc5cccc6ccc3c4c56)ccc2-c2ccc(-c3ccc4c5c6c(ccc35)C=CCC6=CC4)cc21. The summed E-state index contributed by atoms with van der Waals surface area (Å²) in [7, 11) is 0. The van der Waals surface area contributed by atoms with Gasteiger partial charge in [0.25, 0.3) is 0 Å². The van der Waals surface area contributed by atoms with Crippen LogP contribution in [0.15, 0.2) is 127 Å². The van der Waals surface area contributed by atoms with Crippen molar-refractivity contribution in [3.05, 3.63) is 166 Å². The van der Waals surface area contributed by atoms with Crippen LogP contribution in [0.3, 0.4) is 0 Å². The lowest BCUT2D eigenvalue weighted by molar-refractivity contribution is 0.660. The van der Waals surface area contributed by atoms with Crippen molar-refractivity contribution in [2.24, 2.45) is 0 Å². The van der Waals surface area contributed by atoms with Gasteiger partial charge in [-0.1, -0.05) is 153 Å². The first-order valence-corrected chi connectivity index (χ1v) is 17.6. The molecule has 0 bridgehead atoms. The predicted molar refractivity (Wildman–Crippen MR) is 211 cm³/mol. The molecule has 0 unspecified atom stereocenters. The van der Waals surface area contributed by atoms with E-state index < -0.39 is 0 Å². The Hall–Kier alpha value is -5.72. The Labute approximate surface area is 286 Å². The lowest BCUT2D eigenvalue weighted by atomic mass is 9.79. The highest BCUT2D eigenvalue weighted by Crippen LogP contribution is 2.51. The number of hydrogen-bond donors (Lipinski definition) is 0. The van der Waals surface area contributed by atoms with E-state index in [9.17, 15) is 0 Å². The van der Waals surface area contributed by atoms with Gasteiger partial charge in [-0.3, -0.25) is 0 Å². The minimum Gasteiger partial charge on any atom is -0.0795 e. The quantitative estimate of drug-likeness (QED) is 0.136. The second-order valence-corrected chi connectivity index (χ2v) is 14.8. The molecule has 0 nitrogen and oxygen atoms in total. The van der Waals surface area contributed by atoms with E-state index in [1.165, 1.54) is 110 Å². The number of allylic oxidation sites excluding steroid dienone is 3. The normalized spacial score (nSPS) is 15.5. The van der Waals surface area contributed by atoms with E-state index in [1.54, 1.807) is 0 Å². The van der Waals surface area contributed by atoms with Crippen LogP contribution in [0.4, 0.5) is 0 Å². The summed E-state index contributed by atoms with van der Waals surface area (Å²) in [5, 5.41) is 10.8. The van der Waals surface area contributed by atoms with Crippen LogP contribution in [0, 0.1) is 0 Å². The zero-order valence-electron chi connectivity index (χ0n) is 27.8. The third-order valence-corrected chi connectivity index (χ3v) is 11.9. The minimum atomic E-state index is -0.0986. The Morgan fingerprint density at radius 1 is 0.571 bits per heavy atom. The van der Waals surface area contributed by atoms with Crippen molar-refractivity contribution in [3.63, 3.8) is 0 Å². The summed E-state index contributed by atoms with van der Waals surface area (Å²) in [6.07, 6.45) is 13.7. The van der Waals surface area contributed by atoms with Crippen molar-refractivity contribution in [1.29, 1.82) is 0 Å². The van der Waals surface area contributed by atoms with Crippen LogP contribution >= 0.6 is 0 Å². The summed E-state index contributed by atoms with van der Waals surface area (Å²) in [4.78, 5) is 0. The standard InChI is InChI=1S/C49H34/c1-49(2)43-27-29(9-11-30-12-13-35-16-14-31-5-3-7-33-19-24-39(30)47(35)45(31)33)10-22-40(43)41-25-21-37(28-44(41)49)38-23-18-36-17-15-32-6-4-8-34-20-26-42(38)48(36)46(32)34/h3-5,7-16,18-28H,6,17H2,1-2H3/b11-9+. The topological polar surface area (TPSA) is 0 Å². The molecule has 230 valence electrons. The van der Waals surface area contributed by atoms with Crippen molar-refractivity contribution in [2.45, 2.75) is 32.1 Å². The molecular formula is C49H34. The fourth-order valence-corrected chi connectivity index (χ4v) is 9.39. The summed E-state index contributed by atoms with van der Waals surface area (Å²) in [6.45, 7) is 4.80. The number of fused-ring (bicyclic) bond motifs is 3. The van der Waals surface area contributed by atoms with Gasteiger partial charge in [-0.25, -0.2) is 0 Å². The Morgan fingerprint density at radius 2 is 1.31 bits per heavy atom. The van der Waals surface area contributed by atoms with Crippen LogP contribution in [-0.4, -0.2) is 0 Å². The molecule has 0 saturated heterocycles. The van der Waals surface area contributed by atoms with Gasteiger partial charge in [0.05, 0.1) is 0 Å². The molecule has 11 rings (SSSR count). The molecule has 0 aromatic heterocycles. The molecule has 0 heteroatoms. The highest BCUT2D eigenvalue weighted by molar-refractivity contribution is 6.24. The van der Waals surface area contributed by atoms with Gasteiger partial charge in [0.1, 0.15) is 0 Å². The Bertz CT molecular complexity index is 2820. The van der Waals surface area contributed by atoms with Crippen LogP contribution in [0.5, 0.6) is 0 Å². The molecule has 0 heterocycles. The molecule has 0 atom stereocenters. The monoisotopic (exact) mass is 622 g/mol. The third-order valence-electron chi connectivity index (χ3n) is 11.9. The largest absolute Gasteiger partial charge is 0.0795 e. The summed E-state index contributed by atoms with van der Waals surface area (Å²) in [6, 6.07) is 43.9. The van der Waals surface area contributed by atoms with E-state index in [2.05, 4.69) is 159 Å². The van der Waals surface area contributed by atoms with Crippen molar-refractivity contribution in [3.8, 4) is 22.3 Å². The van der Waals surface area contributed by atoms with Crippen LogP contribution in [0.2, 0.25) is 0 Å². The zero-order valence-corrected chi connectivity index (χ0v) is 27.8. The lowest BCUT2D eigenvalue weighted by Gasteiger charge is -2.25. The molecular weight excluding hydrogens is 589 g/mol. The molecule has 0 N–H and O–H groups in total. The average molecular weight is 623 g/mol. The Morgan fingerprint density at radius 3 is 2.18 bits per heavy atom. The Balaban J connectivity index is 0.983. The van der Waals surface area contributed by atoms with E-state index >= 15 is 0 Å². The highest BCUT2D eigenvalue weighted by atomic mass is 14.4. The van der Waals surface area contributed by atoms with Crippen molar-refractivity contribution < 1.29 is 0 Å². The molecule has 0 saturated carbocycles. The van der Waals surface area contributed by atoms with Crippen molar-refractivity contribution in [2.75, 3.05) is 0 Å². The van der Waals surface area contributed by atoms with E-state index in [-0.39, 0.29) is 5.41 Å². The molecule has 0 aliphatic heterocycles. The van der Waals surface area contributed by atoms with Gasteiger partial charge in [0, 0.05) is 5.41 Å². The van der Waals surface area contributed by atoms with E-state index in [1.807, 2.05) is 0 Å². The maximum Gasteiger partial charge on any atom is 0.0159 e. The molecule has 3 aliphatic carbocycles. The van der Waals surface area contributed by atoms with Gasteiger partial charge in [-0.15, -0.1) is 0 Å². The summed E-state index contributed by atoms with van der Waals surface area (Å²) < 4.78 is 0. The van der Waals surface area contributed by atoms with E-state index in [0.717, 1.165) is 12.8 Å². The number of benzene rings is 8. The van der Waals surface area contributed by atoms with Gasteiger partial charge in [-0.2, -0.15) is 0 Å². The van der Waals surface area contributed by atoms with Crippen molar-refractivity contribution >= 4 is 66.9 Å². The number of hydrogen-bond acceptors (Lipinski definition) is 0. The van der Waals surface area contributed by atoms with Gasteiger partial charge >= 0.3 is 0 Å². The first-order valence-electron chi connectivity index (χ1n) is 17.6. The Kier molecular flexibility index (Phi) is 5.38. The van der Waals surface area contributed by atoms with Crippen LogP contribution < -0.4 is 0 Å². The fraction of sp³-hybridized carbons (Fsp3) is 0.102. The number of rotatable bonds is 3. The maximum absolute atomic E-state index is 2.48. The summed E-state index contributed by atoms with van der Waals surface area (Å²) >= 11 is 0. The lowest BCUT2D eigenvalue weighted by Crippen LogP contribution is -2.15. The van der Waals surface area contributed by atoms with Crippen LogP contribution in [0.25, 0.3) is 89.1 Å². The molecule has 0 amide bonds. The molecule has 49 heavy (non-hydrogen) atoms. The highest BCUT2D eigenvalue weighted by Gasteiger charge is 2.36. The van der Waals surface area contributed by atoms with Gasteiger partial charge in [0.2, 0.25) is 0 Å². The molecule has 3 aliphatic rings. The van der Waals surface area contributed by atoms with Gasteiger partial charge in [0.15, 0.2) is 0 Å². The molecule has 8 aromatic carbocycles. The first-order chi connectivity index (χ1) is 24.0. The fourth-order valence-electron chi connectivity index (χ4n) is 9.39. The second kappa shape index (κ2) is 9.68. The van der Waals surface area contributed by atoms with Gasteiger partial charge < -0.3 is 0 Å². The summed E-state index contributed by atoms with van der Waals surface area (Å²) in [5.41, 5.74) is 16.3. The van der Waals surface area contributed by atoms with E-state index in [0.29, 0.717) is 0 Å². The first kappa shape index (κ1) is 27.3. The van der Waals surface area contributed by atoms with Gasteiger partial charge in [-0.05, 0) is 129 Å². The zero-order chi connectivity index (χ0) is 32.4. The molecule has 0 radical (unpaired) electrons. The van der Waals surface area contributed by atoms with E-state index in [4.69, 9.17) is 0 Å². The third kappa shape index (κ3) is 3.75. The molecule has 0 spiro atoms. The smallest absolute Gasteiger partial charge is 0.0159 e. The predicted octanol–water partition coefficient (Wildman–Crippen LogP) is 13.2. The van der Waals surface area contributed by atoms with Crippen LogP contribution in [0.1, 0.15) is 59.2 Å². The second-order valence-electron chi connectivity index (χ2n) is 14.8. The molecule has 8 aromatic rings. The molecule has 0 fully saturated rings. The summed E-state index contributed by atoms with van der Waals surface area (Å²) in [5.74, 6) is 0. The minimum absolute atomic E-state index is 0.0986. The maximum atomic E-state index is 2.48. The van der Waals surface area contributed by atoms with Crippen LogP contribution in [-0.2, 0) is 11.8 Å².